The maximum absolute atomic E-state index is 12.6. The summed E-state index contributed by atoms with van der Waals surface area (Å²) in [6, 6.07) is 16.7. The van der Waals surface area contributed by atoms with E-state index in [4.69, 9.17) is 0 Å². The molecule has 1 fully saturated rings. The van der Waals surface area contributed by atoms with Gasteiger partial charge in [0.25, 0.3) is 0 Å². The smallest absolute Gasteiger partial charge is 0.241 e. The van der Waals surface area contributed by atoms with Crippen LogP contribution in [-0.4, -0.2) is 27.5 Å². The van der Waals surface area contributed by atoms with Crippen LogP contribution in [0, 0.1) is 0 Å². The quantitative estimate of drug-likeness (QED) is 0.900. The number of benzene rings is 2. The molecule has 118 valence electrons. The molecular weight excluding hydrogens is 320 g/mol. The first kappa shape index (κ1) is 17.0. The summed E-state index contributed by atoms with van der Waals surface area (Å²) in [5.41, 5.74) is 1.64. The van der Waals surface area contributed by atoms with E-state index in [1.807, 2.05) is 42.5 Å². The number of halogens is 1. The summed E-state index contributed by atoms with van der Waals surface area (Å²) in [5, 5.41) is 3.17. The van der Waals surface area contributed by atoms with Crippen molar-refractivity contribution in [2.75, 3.05) is 13.1 Å². The summed E-state index contributed by atoms with van der Waals surface area (Å²) >= 11 is 0. The summed E-state index contributed by atoms with van der Waals surface area (Å²) < 4.78 is 28.1. The lowest BCUT2D eigenvalue weighted by molar-refractivity contribution is 0.560. The number of sulfonamides is 1. The predicted molar refractivity (Wildman–Crippen MR) is 90.7 cm³/mol. The van der Waals surface area contributed by atoms with Crippen LogP contribution < -0.4 is 10.0 Å². The Morgan fingerprint density at radius 3 is 2.36 bits per heavy atom. The molecule has 0 aliphatic carbocycles. The van der Waals surface area contributed by atoms with Crippen molar-refractivity contribution >= 4 is 22.4 Å². The van der Waals surface area contributed by atoms with Crippen molar-refractivity contribution in [3.63, 3.8) is 0 Å². The molecule has 0 aromatic heterocycles. The Hall–Kier alpha value is -1.40. The van der Waals surface area contributed by atoms with E-state index in [1.165, 1.54) is 0 Å². The van der Waals surface area contributed by atoms with Gasteiger partial charge in [0.05, 0.1) is 4.90 Å². The molecule has 1 aliphatic heterocycles. The van der Waals surface area contributed by atoms with Crippen LogP contribution in [-0.2, 0) is 10.0 Å². The van der Waals surface area contributed by atoms with Crippen LogP contribution in [0.4, 0.5) is 0 Å². The normalized spacial score (nSPS) is 17.9. The van der Waals surface area contributed by atoms with Crippen molar-refractivity contribution < 1.29 is 8.42 Å². The fourth-order valence-electron chi connectivity index (χ4n) is 2.60. The lowest BCUT2D eigenvalue weighted by atomic mass is 10.1. The van der Waals surface area contributed by atoms with Crippen molar-refractivity contribution in [3.8, 4) is 11.1 Å². The molecule has 0 saturated carbocycles. The molecule has 1 aliphatic rings. The third kappa shape index (κ3) is 3.67. The monoisotopic (exact) mass is 338 g/mol. The third-order valence-corrected chi connectivity index (χ3v) is 5.22. The second-order valence-electron chi connectivity index (χ2n) is 5.17. The Kier molecular flexibility index (Phi) is 5.58. The Labute approximate surface area is 137 Å². The molecule has 3 rings (SSSR count). The maximum atomic E-state index is 12.6. The Morgan fingerprint density at radius 1 is 1.00 bits per heavy atom. The summed E-state index contributed by atoms with van der Waals surface area (Å²) in [7, 11) is -3.51. The minimum atomic E-state index is -3.51. The highest BCUT2D eigenvalue weighted by atomic mass is 35.5. The zero-order chi connectivity index (χ0) is 14.7. The van der Waals surface area contributed by atoms with Gasteiger partial charge in [-0.2, -0.15) is 0 Å². The molecular formula is C16H19ClN2O2S. The Balaban J connectivity index is 0.00000176. The van der Waals surface area contributed by atoms with Crippen molar-refractivity contribution in [2.24, 2.45) is 0 Å². The fourth-order valence-corrected chi connectivity index (χ4v) is 4.10. The minimum Gasteiger partial charge on any atom is -0.315 e. The molecule has 6 heteroatoms. The topological polar surface area (TPSA) is 58.2 Å². The van der Waals surface area contributed by atoms with Gasteiger partial charge in [-0.25, -0.2) is 13.1 Å². The zero-order valence-electron chi connectivity index (χ0n) is 12.0. The summed E-state index contributed by atoms with van der Waals surface area (Å²) in [5.74, 6) is 0. The molecule has 22 heavy (non-hydrogen) atoms. The largest absolute Gasteiger partial charge is 0.315 e. The first-order valence-electron chi connectivity index (χ1n) is 7.04. The molecule has 1 saturated heterocycles. The first-order chi connectivity index (χ1) is 10.2. The molecule has 2 aromatic rings. The average molecular weight is 339 g/mol. The number of hydrogen-bond acceptors (Lipinski definition) is 3. The van der Waals surface area contributed by atoms with Gasteiger partial charge >= 0.3 is 0 Å². The summed E-state index contributed by atoms with van der Waals surface area (Å²) in [6.07, 6.45) is 0.826. The SMILES string of the molecule is Cl.O=S(=O)(NC1CCNC1)c1ccccc1-c1ccccc1. The average Bonchev–Trinajstić information content (AvgIpc) is 3.00. The third-order valence-electron chi connectivity index (χ3n) is 3.64. The minimum absolute atomic E-state index is 0. The molecule has 0 bridgehead atoms. The van der Waals surface area contributed by atoms with E-state index in [1.54, 1.807) is 12.1 Å². The lowest BCUT2D eigenvalue weighted by Crippen LogP contribution is -2.36. The van der Waals surface area contributed by atoms with Crippen LogP contribution >= 0.6 is 12.4 Å². The predicted octanol–water partition coefficient (Wildman–Crippen LogP) is 2.42. The van der Waals surface area contributed by atoms with E-state index in [-0.39, 0.29) is 18.4 Å². The van der Waals surface area contributed by atoms with Gasteiger partial charge in [-0.15, -0.1) is 12.4 Å². The number of rotatable bonds is 4. The Bertz CT molecular complexity index is 714. The molecule has 2 aromatic carbocycles. The van der Waals surface area contributed by atoms with E-state index in [0.717, 1.165) is 24.1 Å². The molecule has 4 nitrogen and oxygen atoms in total. The number of nitrogens with one attached hydrogen (secondary N) is 2. The van der Waals surface area contributed by atoms with Crippen LogP contribution in [0.2, 0.25) is 0 Å². The second-order valence-corrected chi connectivity index (χ2v) is 6.86. The van der Waals surface area contributed by atoms with Crippen LogP contribution in [0.5, 0.6) is 0 Å². The lowest BCUT2D eigenvalue weighted by Gasteiger charge is -2.15. The highest BCUT2D eigenvalue weighted by Gasteiger charge is 2.24. The van der Waals surface area contributed by atoms with Gasteiger partial charge in [0, 0.05) is 18.2 Å². The van der Waals surface area contributed by atoms with E-state index in [2.05, 4.69) is 10.0 Å². The molecule has 1 heterocycles. The van der Waals surface area contributed by atoms with Gasteiger partial charge in [0.15, 0.2) is 0 Å². The standard InChI is InChI=1S/C16H18N2O2S.ClH/c19-21(20,18-14-10-11-17-12-14)16-9-5-4-8-15(16)13-6-2-1-3-7-13;/h1-9,14,17-18H,10-12H2;1H. The van der Waals surface area contributed by atoms with Gasteiger partial charge in [0.1, 0.15) is 0 Å². The van der Waals surface area contributed by atoms with Gasteiger partial charge < -0.3 is 5.32 Å². The number of hydrogen-bond donors (Lipinski definition) is 2. The van der Waals surface area contributed by atoms with Gasteiger partial charge in [-0.3, -0.25) is 0 Å². The van der Waals surface area contributed by atoms with Gasteiger partial charge in [-0.1, -0.05) is 48.5 Å². The summed E-state index contributed by atoms with van der Waals surface area (Å²) in [6.45, 7) is 1.54. The van der Waals surface area contributed by atoms with E-state index in [9.17, 15) is 8.42 Å². The van der Waals surface area contributed by atoms with Crippen LogP contribution in [0.15, 0.2) is 59.5 Å². The molecule has 2 N–H and O–H groups in total. The van der Waals surface area contributed by atoms with Crippen LogP contribution in [0.1, 0.15) is 6.42 Å². The molecule has 1 atom stereocenters. The zero-order valence-corrected chi connectivity index (χ0v) is 13.7. The highest BCUT2D eigenvalue weighted by molar-refractivity contribution is 7.89. The maximum Gasteiger partial charge on any atom is 0.241 e. The van der Waals surface area contributed by atoms with Crippen LogP contribution in [0.3, 0.4) is 0 Å². The van der Waals surface area contributed by atoms with Crippen molar-refractivity contribution in [1.82, 2.24) is 10.0 Å². The van der Waals surface area contributed by atoms with E-state index < -0.39 is 10.0 Å². The molecule has 1 unspecified atom stereocenters. The van der Waals surface area contributed by atoms with Crippen molar-refractivity contribution in [2.45, 2.75) is 17.4 Å². The first-order valence-corrected chi connectivity index (χ1v) is 8.53. The van der Waals surface area contributed by atoms with Crippen molar-refractivity contribution in [3.05, 3.63) is 54.6 Å². The molecule has 0 amide bonds. The van der Waals surface area contributed by atoms with Gasteiger partial charge in [0.2, 0.25) is 10.0 Å². The van der Waals surface area contributed by atoms with E-state index in [0.29, 0.717) is 11.4 Å². The molecule has 0 spiro atoms. The highest BCUT2D eigenvalue weighted by Crippen LogP contribution is 2.27. The van der Waals surface area contributed by atoms with Crippen LogP contribution in [0.25, 0.3) is 11.1 Å². The fraction of sp³-hybridized carbons (Fsp3) is 0.250. The van der Waals surface area contributed by atoms with Crippen molar-refractivity contribution in [1.29, 1.82) is 0 Å². The second kappa shape index (κ2) is 7.24. The summed E-state index contributed by atoms with van der Waals surface area (Å²) in [4.78, 5) is 0.336. The Morgan fingerprint density at radius 2 is 1.68 bits per heavy atom. The van der Waals surface area contributed by atoms with Gasteiger partial charge in [-0.05, 0) is 24.6 Å². The van der Waals surface area contributed by atoms with E-state index >= 15 is 0 Å². The molecule has 0 radical (unpaired) electrons.